The van der Waals surface area contributed by atoms with Crippen LogP contribution in [-0.4, -0.2) is 68.2 Å². The van der Waals surface area contributed by atoms with Gasteiger partial charge in [0.05, 0.1) is 0 Å². The number of nitrogens with one attached hydrogen (secondary N) is 2. The molecule has 6 heteroatoms. The average Bonchev–Trinajstić information content (AvgIpc) is 2.41. The molecule has 0 saturated carbocycles. The number of nitrogens with zero attached hydrogens (tertiary/aromatic N) is 2. The highest BCUT2D eigenvalue weighted by Gasteiger charge is 2.23. The summed E-state index contributed by atoms with van der Waals surface area (Å²) in [6.45, 7) is 10.0. The molecule has 0 radical (unpaired) electrons. The van der Waals surface area contributed by atoms with Crippen LogP contribution in [-0.2, 0) is 0 Å². The predicted molar refractivity (Wildman–Crippen MR) is 79.9 cm³/mol. The summed E-state index contributed by atoms with van der Waals surface area (Å²) in [7, 11) is 0. The van der Waals surface area contributed by atoms with Gasteiger partial charge in [0.15, 0.2) is 0 Å². The van der Waals surface area contributed by atoms with Crippen molar-refractivity contribution in [3.63, 3.8) is 0 Å². The van der Waals surface area contributed by atoms with Gasteiger partial charge in [0.1, 0.15) is 0 Å². The maximum atomic E-state index is 11.7. The molecule has 0 bridgehead atoms. The minimum Gasteiger partial charge on any atom is -0.338 e. The molecule has 0 aromatic carbocycles. The van der Waals surface area contributed by atoms with E-state index in [4.69, 9.17) is 0 Å². The summed E-state index contributed by atoms with van der Waals surface area (Å²) in [4.78, 5) is 16.1. The van der Waals surface area contributed by atoms with Crippen LogP contribution in [0.15, 0.2) is 0 Å². The minimum atomic E-state index is 0. The molecular formula is C13H27ClN4O. The monoisotopic (exact) mass is 290 g/mol. The lowest BCUT2D eigenvalue weighted by molar-refractivity contribution is 0.121. The molecular weight excluding hydrogens is 264 g/mol. The van der Waals surface area contributed by atoms with Crippen LogP contribution in [0.3, 0.4) is 0 Å². The first-order chi connectivity index (χ1) is 8.79. The van der Waals surface area contributed by atoms with E-state index in [1.165, 1.54) is 32.5 Å². The van der Waals surface area contributed by atoms with Crippen LogP contribution in [0.1, 0.15) is 19.8 Å². The molecule has 0 aromatic heterocycles. The van der Waals surface area contributed by atoms with Crippen molar-refractivity contribution in [2.45, 2.75) is 19.8 Å². The summed E-state index contributed by atoms with van der Waals surface area (Å²) >= 11 is 0. The van der Waals surface area contributed by atoms with Gasteiger partial charge in [0.25, 0.3) is 0 Å². The Balaban J connectivity index is 0.00000180. The highest BCUT2D eigenvalue weighted by atomic mass is 35.5. The molecule has 2 heterocycles. The number of carbonyl (C=O) groups excluding carboxylic acids is 1. The van der Waals surface area contributed by atoms with Crippen LogP contribution in [0.2, 0.25) is 0 Å². The fraction of sp³-hybridized carbons (Fsp3) is 0.923. The third-order valence-electron chi connectivity index (χ3n) is 3.96. The number of rotatable bonds is 3. The number of piperidine rings is 1. The lowest BCUT2D eigenvalue weighted by Crippen LogP contribution is -2.52. The molecule has 2 amide bonds. The zero-order chi connectivity index (χ0) is 12.8. The second-order valence-electron chi connectivity index (χ2n) is 5.32. The molecule has 112 valence electrons. The molecule has 2 saturated heterocycles. The van der Waals surface area contributed by atoms with Crippen molar-refractivity contribution < 1.29 is 4.79 Å². The second kappa shape index (κ2) is 8.61. The summed E-state index contributed by atoms with van der Waals surface area (Å²) < 4.78 is 0. The van der Waals surface area contributed by atoms with E-state index in [1.54, 1.807) is 0 Å². The fourth-order valence-corrected chi connectivity index (χ4v) is 2.83. The minimum absolute atomic E-state index is 0. The number of hydrogen-bond donors (Lipinski definition) is 2. The van der Waals surface area contributed by atoms with Gasteiger partial charge >= 0.3 is 6.03 Å². The number of hydrogen-bond acceptors (Lipinski definition) is 3. The number of carbonyl (C=O) groups is 1. The van der Waals surface area contributed by atoms with Gasteiger partial charge in [-0.25, -0.2) is 4.79 Å². The molecule has 5 nitrogen and oxygen atoms in total. The molecule has 0 aliphatic carbocycles. The molecule has 0 spiro atoms. The Morgan fingerprint density at radius 1 is 1.21 bits per heavy atom. The Labute approximate surface area is 122 Å². The smallest absolute Gasteiger partial charge is 0.317 e. The number of piperazine rings is 1. The molecule has 2 fully saturated rings. The second-order valence-corrected chi connectivity index (χ2v) is 5.32. The van der Waals surface area contributed by atoms with Gasteiger partial charge in [-0.3, -0.25) is 4.90 Å². The average molecular weight is 291 g/mol. The highest BCUT2D eigenvalue weighted by Crippen LogP contribution is 2.14. The SMILES string of the molecule is CCNC(=O)N1CCN(CC2CCNCC2)CC1.Cl. The van der Waals surface area contributed by atoms with E-state index in [-0.39, 0.29) is 18.4 Å². The Bertz CT molecular complexity index is 263. The van der Waals surface area contributed by atoms with Crippen LogP contribution in [0.4, 0.5) is 4.79 Å². The molecule has 0 aromatic rings. The topological polar surface area (TPSA) is 47.6 Å². The lowest BCUT2D eigenvalue weighted by Gasteiger charge is -2.37. The van der Waals surface area contributed by atoms with E-state index in [9.17, 15) is 4.79 Å². The Morgan fingerprint density at radius 3 is 2.42 bits per heavy atom. The van der Waals surface area contributed by atoms with Crippen molar-refractivity contribution in [2.75, 3.05) is 52.4 Å². The molecule has 2 aliphatic rings. The molecule has 2 N–H and O–H groups in total. The van der Waals surface area contributed by atoms with Gasteiger partial charge in [-0.1, -0.05) is 0 Å². The Hall–Kier alpha value is -0.520. The van der Waals surface area contributed by atoms with Gasteiger partial charge in [0.2, 0.25) is 0 Å². The Kier molecular flexibility index (Phi) is 7.49. The van der Waals surface area contributed by atoms with Crippen molar-refractivity contribution in [2.24, 2.45) is 5.92 Å². The third-order valence-corrected chi connectivity index (χ3v) is 3.96. The zero-order valence-electron chi connectivity index (χ0n) is 11.9. The quantitative estimate of drug-likeness (QED) is 0.807. The summed E-state index contributed by atoms with van der Waals surface area (Å²) in [5, 5.41) is 6.28. The lowest BCUT2D eigenvalue weighted by atomic mass is 9.97. The Morgan fingerprint density at radius 2 is 1.84 bits per heavy atom. The highest BCUT2D eigenvalue weighted by molar-refractivity contribution is 5.85. The molecule has 0 atom stereocenters. The van der Waals surface area contributed by atoms with Crippen molar-refractivity contribution in [3.05, 3.63) is 0 Å². The van der Waals surface area contributed by atoms with E-state index >= 15 is 0 Å². The van der Waals surface area contributed by atoms with Gasteiger partial charge in [-0.2, -0.15) is 0 Å². The summed E-state index contributed by atoms with van der Waals surface area (Å²) in [5.74, 6) is 0.849. The molecule has 19 heavy (non-hydrogen) atoms. The molecule has 2 aliphatic heterocycles. The standard InChI is InChI=1S/C13H26N4O.ClH/c1-2-15-13(18)17-9-7-16(8-10-17)11-12-3-5-14-6-4-12;/h12,14H,2-11H2,1H3,(H,15,18);1H. The summed E-state index contributed by atoms with van der Waals surface area (Å²) in [6.07, 6.45) is 2.60. The van der Waals surface area contributed by atoms with Gasteiger partial charge in [-0.05, 0) is 38.8 Å². The van der Waals surface area contributed by atoms with Crippen molar-refractivity contribution in [1.29, 1.82) is 0 Å². The molecule has 2 rings (SSSR count). The van der Waals surface area contributed by atoms with E-state index in [0.29, 0.717) is 6.54 Å². The largest absolute Gasteiger partial charge is 0.338 e. The fourth-order valence-electron chi connectivity index (χ4n) is 2.83. The van der Waals surface area contributed by atoms with Crippen LogP contribution in [0.25, 0.3) is 0 Å². The van der Waals surface area contributed by atoms with Crippen molar-refractivity contribution in [3.8, 4) is 0 Å². The summed E-state index contributed by atoms with van der Waals surface area (Å²) in [6, 6.07) is 0.0963. The first-order valence-electron chi connectivity index (χ1n) is 7.25. The van der Waals surface area contributed by atoms with Crippen LogP contribution >= 0.6 is 12.4 Å². The van der Waals surface area contributed by atoms with Crippen LogP contribution in [0, 0.1) is 5.92 Å². The predicted octanol–water partition coefficient (Wildman–Crippen LogP) is 0.755. The van der Waals surface area contributed by atoms with Gasteiger partial charge < -0.3 is 15.5 Å². The third kappa shape index (κ3) is 5.16. The maximum Gasteiger partial charge on any atom is 0.317 e. The molecule has 0 unspecified atom stereocenters. The first kappa shape index (κ1) is 16.5. The van der Waals surface area contributed by atoms with E-state index in [1.807, 2.05) is 11.8 Å². The maximum absolute atomic E-state index is 11.7. The zero-order valence-corrected chi connectivity index (χ0v) is 12.7. The van der Waals surface area contributed by atoms with Crippen LogP contribution < -0.4 is 10.6 Å². The number of halogens is 1. The first-order valence-corrected chi connectivity index (χ1v) is 7.25. The van der Waals surface area contributed by atoms with Gasteiger partial charge in [0, 0.05) is 39.3 Å². The normalized spacial score (nSPS) is 21.8. The van der Waals surface area contributed by atoms with Crippen molar-refractivity contribution >= 4 is 18.4 Å². The van der Waals surface area contributed by atoms with E-state index in [2.05, 4.69) is 15.5 Å². The van der Waals surface area contributed by atoms with Crippen molar-refractivity contribution in [1.82, 2.24) is 20.4 Å². The van der Waals surface area contributed by atoms with Crippen LogP contribution in [0.5, 0.6) is 0 Å². The summed E-state index contributed by atoms with van der Waals surface area (Å²) in [5.41, 5.74) is 0. The van der Waals surface area contributed by atoms with E-state index in [0.717, 1.165) is 32.1 Å². The number of urea groups is 1. The van der Waals surface area contributed by atoms with Gasteiger partial charge in [-0.15, -0.1) is 12.4 Å². The number of amides is 2. The van der Waals surface area contributed by atoms with E-state index < -0.39 is 0 Å².